The summed E-state index contributed by atoms with van der Waals surface area (Å²) in [4.78, 5) is 20.0. The Morgan fingerprint density at radius 3 is 2.79 bits per heavy atom. The topological polar surface area (TPSA) is 64.1 Å². The van der Waals surface area contributed by atoms with Crippen molar-refractivity contribution in [1.29, 1.82) is 0 Å². The number of carbonyl (C=O) groups excluding carboxylic acids is 1. The Balaban J connectivity index is 1.84. The number of ether oxygens (including phenoxy) is 1. The van der Waals surface area contributed by atoms with Crippen LogP contribution in [0, 0.1) is 0 Å². The van der Waals surface area contributed by atoms with Gasteiger partial charge in [-0.3, -0.25) is 9.78 Å². The van der Waals surface area contributed by atoms with Gasteiger partial charge in [0.2, 0.25) is 5.88 Å². The number of carbonyl (C=O) groups is 1. The third kappa shape index (κ3) is 3.77. The molecule has 0 saturated carbocycles. The highest BCUT2D eigenvalue weighted by atomic mass is 16.5. The lowest BCUT2D eigenvalue weighted by atomic mass is 10.2. The zero-order valence-corrected chi connectivity index (χ0v) is 10.7. The van der Waals surface area contributed by atoms with Gasteiger partial charge in [0.05, 0.1) is 12.7 Å². The largest absolute Gasteiger partial charge is 0.481 e. The summed E-state index contributed by atoms with van der Waals surface area (Å²) in [5.74, 6) is 0.344. The fourth-order valence-electron chi connectivity index (χ4n) is 1.59. The highest BCUT2D eigenvalue weighted by Gasteiger charge is 2.05. The number of hydrogen-bond donors (Lipinski definition) is 1. The summed E-state index contributed by atoms with van der Waals surface area (Å²) < 4.78 is 4.94. The second kappa shape index (κ2) is 6.49. The van der Waals surface area contributed by atoms with Gasteiger partial charge in [0.25, 0.3) is 5.91 Å². The van der Waals surface area contributed by atoms with E-state index in [-0.39, 0.29) is 5.91 Å². The molecule has 0 bridgehead atoms. The number of hydrogen-bond acceptors (Lipinski definition) is 4. The van der Waals surface area contributed by atoms with Gasteiger partial charge in [-0.15, -0.1) is 0 Å². The molecule has 19 heavy (non-hydrogen) atoms. The van der Waals surface area contributed by atoms with Crippen LogP contribution < -0.4 is 10.1 Å². The smallest absolute Gasteiger partial charge is 0.252 e. The van der Waals surface area contributed by atoms with Gasteiger partial charge in [0.15, 0.2) is 0 Å². The third-order valence-corrected chi connectivity index (χ3v) is 2.60. The molecule has 0 radical (unpaired) electrons. The normalized spacial score (nSPS) is 9.95. The second-order valence-electron chi connectivity index (χ2n) is 3.92. The minimum Gasteiger partial charge on any atom is -0.481 e. The lowest BCUT2D eigenvalue weighted by molar-refractivity contribution is 0.0953. The van der Waals surface area contributed by atoms with Crippen LogP contribution in [0.15, 0.2) is 42.7 Å². The van der Waals surface area contributed by atoms with Crippen molar-refractivity contribution in [1.82, 2.24) is 15.3 Å². The molecule has 0 saturated heterocycles. The quantitative estimate of drug-likeness (QED) is 0.880. The second-order valence-corrected chi connectivity index (χ2v) is 3.92. The molecule has 2 aromatic heterocycles. The van der Waals surface area contributed by atoms with Crippen LogP contribution in [0.25, 0.3) is 0 Å². The summed E-state index contributed by atoms with van der Waals surface area (Å²) in [5.41, 5.74) is 1.47. The van der Waals surface area contributed by atoms with E-state index in [4.69, 9.17) is 4.74 Å². The van der Waals surface area contributed by atoms with Crippen LogP contribution in [0.4, 0.5) is 0 Å². The van der Waals surface area contributed by atoms with E-state index in [0.29, 0.717) is 24.4 Å². The van der Waals surface area contributed by atoms with Gasteiger partial charge in [0.1, 0.15) is 0 Å². The van der Waals surface area contributed by atoms with E-state index in [1.165, 1.54) is 13.3 Å². The van der Waals surface area contributed by atoms with Gasteiger partial charge in [-0.05, 0) is 18.2 Å². The van der Waals surface area contributed by atoms with Crippen LogP contribution in [-0.4, -0.2) is 29.5 Å². The summed E-state index contributed by atoms with van der Waals surface area (Å²) in [6, 6.07) is 9.07. The van der Waals surface area contributed by atoms with E-state index >= 15 is 0 Å². The maximum Gasteiger partial charge on any atom is 0.252 e. The number of nitrogens with zero attached hydrogens (tertiary/aromatic N) is 2. The summed E-state index contributed by atoms with van der Waals surface area (Å²) in [7, 11) is 1.54. The van der Waals surface area contributed by atoms with Crippen LogP contribution in [0.2, 0.25) is 0 Å². The molecule has 0 fully saturated rings. The van der Waals surface area contributed by atoms with Crippen LogP contribution in [0.5, 0.6) is 5.88 Å². The van der Waals surface area contributed by atoms with Crippen molar-refractivity contribution in [3.05, 3.63) is 54.0 Å². The van der Waals surface area contributed by atoms with Crippen molar-refractivity contribution in [3.8, 4) is 5.88 Å². The Bertz CT molecular complexity index is 526. The lowest BCUT2D eigenvalue weighted by Gasteiger charge is -2.05. The molecular weight excluding hydrogens is 242 g/mol. The van der Waals surface area contributed by atoms with Crippen LogP contribution in [-0.2, 0) is 6.42 Å². The van der Waals surface area contributed by atoms with Gasteiger partial charge in [-0.25, -0.2) is 4.98 Å². The van der Waals surface area contributed by atoms with Crippen molar-refractivity contribution in [2.75, 3.05) is 13.7 Å². The maximum absolute atomic E-state index is 11.8. The molecule has 98 valence electrons. The summed E-state index contributed by atoms with van der Waals surface area (Å²) in [6.45, 7) is 0.544. The average molecular weight is 257 g/mol. The minimum atomic E-state index is -0.147. The molecule has 0 aromatic carbocycles. The number of rotatable bonds is 5. The van der Waals surface area contributed by atoms with Gasteiger partial charge >= 0.3 is 0 Å². The number of pyridine rings is 2. The van der Waals surface area contributed by atoms with Gasteiger partial charge in [0, 0.05) is 37.1 Å². The number of aromatic nitrogens is 2. The molecule has 0 aliphatic rings. The molecule has 0 unspecified atom stereocenters. The molecule has 2 rings (SSSR count). The van der Waals surface area contributed by atoms with Gasteiger partial charge < -0.3 is 10.1 Å². The third-order valence-electron chi connectivity index (χ3n) is 2.60. The number of methoxy groups -OCH3 is 1. The SMILES string of the molecule is COc1ccc(C(=O)NCCc2ccccn2)cn1. The standard InChI is InChI=1S/C14H15N3O2/c1-19-13-6-5-11(10-17-13)14(18)16-9-7-12-4-2-3-8-15-12/h2-6,8,10H,7,9H2,1H3,(H,16,18). The van der Waals surface area contributed by atoms with Gasteiger partial charge in [-0.2, -0.15) is 0 Å². The summed E-state index contributed by atoms with van der Waals surface area (Å²) in [6.07, 6.45) is 3.94. The first kappa shape index (κ1) is 13.0. The van der Waals surface area contributed by atoms with Crippen LogP contribution >= 0.6 is 0 Å². The van der Waals surface area contributed by atoms with Crippen molar-refractivity contribution < 1.29 is 9.53 Å². The molecule has 0 atom stereocenters. The van der Waals surface area contributed by atoms with Gasteiger partial charge in [-0.1, -0.05) is 6.07 Å². The molecule has 5 heteroatoms. The monoisotopic (exact) mass is 257 g/mol. The molecule has 1 amide bonds. The molecular formula is C14H15N3O2. The van der Waals surface area contributed by atoms with E-state index in [1.54, 1.807) is 18.3 Å². The van der Waals surface area contributed by atoms with E-state index in [1.807, 2.05) is 18.2 Å². The predicted molar refractivity (Wildman–Crippen MR) is 71.1 cm³/mol. The fraction of sp³-hybridized carbons (Fsp3) is 0.214. The number of nitrogens with one attached hydrogen (secondary N) is 1. The zero-order chi connectivity index (χ0) is 13.5. The Kier molecular flexibility index (Phi) is 4.44. The van der Waals surface area contributed by atoms with E-state index < -0.39 is 0 Å². The average Bonchev–Trinajstić information content (AvgIpc) is 2.48. The molecule has 2 aromatic rings. The molecule has 2 heterocycles. The highest BCUT2D eigenvalue weighted by molar-refractivity contribution is 5.93. The Hall–Kier alpha value is -2.43. The predicted octanol–water partition coefficient (Wildman–Crippen LogP) is 1.46. The first-order valence-electron chi connectivity index (χ1n) is 5.98. The lowest BCUT2D eigenvalue weighted by Crippen LogP contribution is -2.25. The Labute approximate surface area is 111 Å². The fourth-order valence-corrected chi connectivity index (χ4v) is 1.59. The summed E-state index contributed by atoms with van der Waals surface area (Å²) >= 11 is 0. The first-order chi connectivity index (χ1) is 9.29. The van der Waals surface area contributed by atoms with Crippen LogP contribution in [0.1, 0.15) is 16.1 Å². The minimum absolute atomic E-state index is 0.147. The molecule has 0 spiro atoms. The van der Waals surface area contributed by atoms with E-state index in [2.05, 4.69) is 15.3 Å². The first-order valence-corrected chi connectivity index (χ1v) is 5.98. The van der Waals surface area contributed by atoms with E-state index in [9.17, 15) is 4.79 Å². The van der Waals surface area contributed by atoms with Crippen LogP contribution in [0.3, 0.4) is 0 Å². The van der Waals surface area contributed by atoms with Crippen molar-refractivity contribution in [2.24, 2.45) is 0 Å². The van der Waals surface area contributed by atoms with Crippen molar-refractivity contribution >= 4 is 5.91 Å². The van der Waals surface area contributed by atoms with Crippen molar-refractivity contribution in [2.45, 2.75) is 6.42 Å². The Morgan fingerprint density at radius 2 is 2.16 bits per heavy atom. The summed E-state index contributed by atoms with van der Waals surface area (Å²) in [5, 5.41) is 2.83. The van der Waals surface area contributed by atoms with E-state index in [0.717, 1.165) is 5.69 Å². The van der Waals surface area contributed by atoms with Crippen molar-refractivity contribution in [3.63, 3.8) is 0 Å². The maximum atomic E-state index is 11.8. The number of amides is 1. The highest BCUT2D eigenvalue weighted by Crippen LogP contribution is 2.06. The molecule has 1 N–H and O–H groups in total. The molecule has 0 aliphatic carbocycles. The molecule has 5 nitrogen and oxygen atoms in total. The zero-order valence-electron chi connectivity index (χ0n) is 10.7. The molecule has 0 aliphatic heterocycles. The Morgan fingerprint density at radius 1 is 1.26 bits per heavy atom.